The fraction of sp³-hybridized carbons (Fsp3) is 0.409. The molecule has 4 rings (SSSR count). The molecule has 0 amide bonds. The Hall–Kier alpha value is -2.48. The van der Waals surface area contributed by atoms with Crippen LogP contribution in [0.5, 0.6) is 0 Å². The molecule has 0 bridgehead atoms. The third-order valence-electron chi connectivity index (χ3n) is 5.09. The first-order chi connectivity index (χ1) is 14.3. The maximum Gasteiger partial charge on any atom is 0.260 e. The van der Waals surface area contributed by atoms with Crippen molar-refractivity contribution in [3.63, 3.8) is 0 Å². The highest BCUT2D eigenvalue weighted by Crippen LogP contribution is 2.28. The molecule has 0 aliphatic carbocycles. The molecule has 158 valence electrons. The van der Waals surface area contributed by atoms with E-state index in [-0.39, 0.29) is 18.1 Å². The van der Waals surface area contributed by atoms with Crippen molar-refractivity contribution in [1.82, 2.24) is 14.5 Å². The van der Waals surface area contributed by atoms with Crippen LogP contribution in [0.4, 0.5) is 5.95 Å². The molecule has 2 aromatic heterocycles. The topological polar surface area (TPSA) is 89.3 Å². The summed E-state index contributed by atoms with van der Waals surface area (Å²) in [6.07, 6.45) is 3.46. The van der Waals surface area contributed by atoms with Crippen LogP contribution >= 0.6 is 11.6 Å². The first kappa shape index (κ1) is 20.8. The molecular weight excluding hydrogens is 404 g/mol. The van der Waals surface area contributed by atoms with E-state index in [1.807, 2.05) is 12.1 Å². The number of benzene rings is 1. The molecule has 0 atom stereocenters. The largest absolute Gasteiger partial charge is 0.389 e. The van der Waals surface area contributed by atoms with Gasteiger partial charge < -0.3 is 15.2 Å². The third kappa shape index (κ3) is 4.48. The average molecular weight is 429 g/mol. The zero-order valence-electron chi connectivity index (χ0n) is 17.1. The van der Waals surface area contributed by atoms with Crippen LogP contribution in [0.2, 0.25) is 5.02 Å². The number of ether oxygens (including phenoxy) is 1. The smallest absolute Gasteiger partial charge is 0.260 e. The van der Waals surface area contributed by atoms with Crippen molar-refractivity contribution in [2.24, 2.45) is 0 Å². The van der Waals surface area contributed by atoms with Crippen LogP contribution in [0, 0.1) is 0 Å². The van der Waals surface area contributed by atoms with Gasteiger partial charge in [-0.1, -0.05) is 29.8 Å². The van der Waals surface area contributed by atoms with Crippen molar-refractivity contribution in [2.45, 2.75) is 44.9 Å². The van der Waals surface area contributed by atoms with Crippen molar-refractivity contribution < 1.29 is 9.84 Å². The Balaban J connectivity index is 1.85. The minimum absolute atomic E-state index is 0.0916. The molecule has 1 aliphatic rings. The van der Waals surface area contributed by atoms with E-state index in [1.165, 1.54) is 4.57 Å². The molecule has 1 aliphatic heterocycles. The summed E-state index contributed by atoms with van der Waals surface area (Å²) in [5.41, 5.74) is 0.205. The van der Waals surface area contributed by atoms with Gasteiger partial charge in [-0.2, -0.15) is 4.98 Å². The number of nitrogens with one attached hydrogen (secondary N) is 1. The van der Waals surface area contributed by atoms with Crippen LogP contribution in [-0.2, 0) is 11.3 Å². The number of aromatic nitrogens is 3. The lowest BCUT2D eigenvalue weighted by Gasteiger charge is -2.24. The third-order valence-corrected chi connectivity index (χ3v) is 5.42. The number of nitrogens with zero attached hydrogens (tertiary/aromatic N) is 3. The summed E-state index contributed by atoms with van der Waals surface area (Å²) >= 11 is 6.35. The second-order valence-electron chi connectivity index (χ2n) is 8.25. The van der Waals surface area contributed by atoms with E-state index in [1.54, 1.807) is 38.2 Å². The van der Waals surface area contributed by atoms with Gasteiger partial charge in [-0.3, -0.25) is 9.36 Å². The number of rotatable bonds is 5. The van der Waals surface area contributed by atoms with Crippen LogP contribution in [0.25, 0.3) is 22.2 Å². The molecule has 0 spiro atoms. The summed E-state index contributed by atoms with van der Waals surface area (Å²) in [5, 5.41) is 15.0. The predicted octanol–water partition coefficient (Wildman–Crippen LogP) is 3.47. The minimum Gasteiger partial charge on any atom is -0.389 e. The standard InChI is InChI=1S/C22H25ClN4O3/c1-22(2,29)13-27-19-14(11-17(20(27)28)16-5-3-4-6-18(16)23)12-24-21(26-19)25-15-7-9-30-10-8-15/h3-6,11-12,15,29H,7-10,13H2,1-2H3,(H,24,25,26). The zero-order chi connectivity index (χ0) is 21.3. The summed E-state index contributed by atoms with van der Waals surface area (Å²) in [5.74, 6) is 0.462. The van der Waals surface area contributed by atoms with Gasteiger partial charge in [0.15, 0.2) is 0 Å². The van der Waals surface area contributed by atoms with Crippen LogP contribution in [0.1, 0.15) is 26.7 Å². The van der Waals surface area contributed by atoms with E-state index in [0.717, 1.165) is 12.8 Å². The fourth-order valence-electron chi connectivity index (χ4n) is 3.66. The van der Waals surface area contributed by atoms with Gasteiger partial charge in [0.25, 0.3) is 5.56 Å². The Morgan fingerprint density at radius 2 is 2.00 bits per heavy atom. The van der Waals surface area contributed by atoms with Crippen molar-refractivity contribution in [2.75, 3.05) is 18.5 Å². The molecule has 3 heterocycles. The quantitative estimate of drug-likeness (QED) is 0.646. The Morgan fingerprint density at radius 3 is 2.70 bits per heavy atom. The lowest BCUT2D eigenvalue weighted by atomic mass is 10.0. The van der Waals surface area contributed by atoms with Crippen molar-refractivity contribution in [1.29, 1.82) is 0 Å². The lowest BCUT2D eigenvalue weighted by molar-refractivity contribution is 0.0617. The summed E-state index contributed by atoms with van der Waals surface area (Å²) in [4.78, 5) is 22.5. The second kappa shape index (κ2) is 8.34. The second-order valence-corrected chi connectivity index (χ2v) is 8.65. The maximum atomic E-state index is 13.4. The molecule has 1 fully saturated rings. The Bertz CT molecular complexity index is 1120. The molecule has 30 heavy (non-hydrogen) atoms. The number of anilines is 1. The molecule has 7 nitrogen and oxygen atoms in total. The van der Waals surface area contributed by atoms with E-state index in [4.69, 9.17) is 16.3 Å². The van der Waals surface area contributed by atoms with Crippen molar-refractivity contribution in [3.8, 4) is 11.1 Å². The Kier molecular flexibility index (Phi) is 5.77. The monoisotopic (exact) mass is 428 g/mol. The molecule has 8 heteroatoms. The molecule has 3 aromatic rings. The van der Waals surface area contributed by atoms with Crippen LogP contribution in [-0.4, -0.2) is 44.5 Å². The summed E-state index contributed by atoms with van der Waals surface area (Å²) < 4.78 is 6.90. The normalized spacial score (nSPS) is 15.5. The molecule has 1 saturated heterocycles. The summed E-state index contributed by atoms with van der Waals surface area (Å²) in [6.45, 7) is 4.83. The summed E-state index contributed by atoms with van der Waals surface area (Å²) in [6, 6.07) is 9.20. The van der Waals surface area contributed by atoms with Gasteiger partial charge >= 0.3 is 0 Å². The SMILES string of the molecule is CC(C)(O)Cn1c(=O)c(-c2ccccc2Cl)cc2cnc(NC3CCOCC3)nc21. The van der Waals surface area contributed by atoms with E-state index in [2.05, 4.69) is 15.3 Å². The van der Waals surface area contributed by atoms with E-state index >= 15 is 0 Å². The van der Waals surface area contributed by atoms with Gasteiger partial charge in [0.1, 0.15) is 5.65 Å². The zero-order valence-corrected chi connectivity index (χ0v) is 17.8. The van der Waals surface area contributed by atoms with Crippen molar-refractivity contribution in [3.05, 3.63) is 51.9 Å². The van der Waals surface area contributed by atoms with Gasteiger partial charge in [0, 0.05) is 47.0 Å². The first-order valence-electron chi connectivity index (χ1n) is 10.0. The van der Waals surface area contributed by atoms with Crippen molar-refractivity contribution >= 4 is 28.6 Å². The highest BCUT2D eigenvalue weighted by molar-refractivity contribution is 6.33. The minimum atomic E-state index is -1.10. The highest BCUT2D eigenvalue weighted by atomic mass is 35.5. The highest BCUT2D eigenvalue weighted by Gasteiger charge is 2.21. The molecule has 0 radical (unpaired) electrons. The van der Waals surface area contributed by atoms with Crippen LogP contribution in [0.15, 0.2) is 41.3 Å². The van der Waals surface area contributed by atoms with Gasteiger partial charge in [-0.05, 0) is 38.8 Å². The van der Waals surface area contributed by atoms with Crippen LogP contribution < -0.4 is 10.9 Å². The fourth-order valence-corrected chi connectivity index (χ4v) is 3.90. The van der Waals surface area contributed by atoms with Gasteiger partial charge in [-0.25, -0.2) is 4.98 Å². The summed E-state index contributed by atoms with van der Waals surface area (Å²) in [7, 11) is 0. The Labute approximate surface area is 179 Å². The van der Waals surface area contributed by atoms with Gasteiger partial charge in [0.2, 0.25) is 5.95 Å². The maximum absolute atomic E-state index is 13.4. The van der Waals surface area contributed by atoms with E-state index in [0.29, 0.717) is 46.3 Å². The number of halogens is 1. The first-order valence-corrected chi connectivity index (χ1v) is 10.4. The molecule has 0 saturated carbocycles. The van der Waals surface area contributed by atoms with Crippen LogP contribution in [0.3, 0.4) is 0 Å². The van der Waals surface area contributed by atoms with Gasteiger partial charge in [0.05, 0.1) is 12.1 Å². The molecule has 2 N–H and O–H groups in total. The number of fused-ring (bicyclic) bond motifs is 1. The molecule has 1 aromatic carbocycles. The molecule has 0 unspecified atom stereocenters. The number of hydrogen-bond acceptors (Lipinski definition) is 6. The van der Waals surface area contributed by atoms with E-state index in [9.17, 15) is 9.90 Å². The Morgan fingerprint density at radius 1 is 1.27 bits per heavy atom. The predicted molar refractivity (Wildman–Crippen MR) is 118 cm³/mol. The number of hydrogen-bond donors (Lipinski definition) is 2. The molecular formula is C22H25ClN4O3. The number of aliphatic hydroxyl groups is 1. The lowest BCUT2D eigenvalue weighted by Crippen LogP contribution is -2.34. The van der Waals surface area contributed by atoms with Gasteiger partial charge in [-0.15, -0.1) is 0 Å². The van der Waals surface area contributed by atoms with E-state index < -0.39 is 5.60 Å². The average Bonchev–Trinajstić information content (AvgIpc) is 2.71. The number of pyridine rings is 1.